The van der Waals surface area contributed by atoms with Crippen LogP contribution in [0.3, 0.4) is 0 Å². The SMILES string of the molecule is N#CCS(=O)(=O)NOCC(N)=O. The van der Waals surface area contributed by atoms with Crippen LogP contribution in [-0.4, -0.2) is 26.7 Å². The third kappa shape index (κ3) is 5.60. The van der Waals surface area contributed by atoms with Crippen molar-refractivity contribution >= 4 is 15.9 Å². The van der Waals surface area contributed by atoms with Crippen LogP contribution >= 0.6 is 0 Å². The topological polar surface area (TPSA) is 122 Å². The van der Waals surface area contributed by atoms with E-state index in [0.717, 1.165) is 0 Å². The lowest BCUT2D eigenvalue weighted by atomic mass is 10.7. The van der Waals surface area contributed by atoms with E-state index in [4.69, 9.17) is 5.26 Å². The molecule has 0 aromatic carbocycles. The summed E-state index contributed by atoms with van der Waals surface area (Å²) < 4.78 is 21.2. The van der Waals surface area contributed by atoms with Crippen molar-refractivity contribution in [2.24, 2.45) is 5.73 Å². The number of hydrogen-bond donors (Lipinski definition) is 2. The Bertz CT molecular complexity index is 290. The van der Waals surface area contributed by atoms with E-state index in [-0.39, 0.29) is 0 Å². The second-order valence-electron chi connectivity index (χ2n) is 1.76. The highest BCUT2D eigenvalue weighted by Crippen LogP contribution is 1.81. The van der Waals surface area contributed by atoms with Gasteiger partial charge in [0.2, 0.25) is 15.9 Å². The summed E-state index contributed by atoms with van der Waals surface area (Å²) in [6.07, 6.45) is 0. The number of sulfonamides is 1. The molecule has 7 nitrogen and oxygen atoms in total. The van der Waals surface area contributed by atoms with Crippen LogP contribution in [0.2, 0.25) is 0 Å². The minimum Gasteiger partial charge on any atom is -0.368 e. The molecule has 12 heavy (non-hydrogen) atoms. The fraction of sp³-hybridized carbons (Fsp3) is 0.500. The maximum atomic E-state index is 10.6. The first-order valence-corrected chi connectivity index (χ1v) is 4.39. The summed E-state index contributed by atoms with van der Waals surface area (Å²) in [5.74, 6) is -1.54. The molecule has 0 aromatic heterocycles. The van der Waals surface area contributed by atoms with Crippen LogP contribution in [0.1, 0.15) is 0 Å². The van der Waals surface area contributed by atoms with Crippen molar-refractivity contribution in [2.75, 3.05) is 12.4 Å². The minimum absolute atomic E-state index is 0.565. The zero-order valence-corrected chi connectivity index (χ0v) is 6.80. The molecule has 0 aliphatic heterocycles. The van der Waals surface area contributed by atoms with Crippen LogP contribution < -0.4 is 10.6 Å². The first-order chi connectivity index (χ1) is 5.48. The molecule has 0 fully saturated rings. The number of primary amides is 1. The van der Waals surface area contributed by atoms with Gasteiger partial charge in [-0.05, 0) is 0 Å². The molecule has 0 unspecified atom stereocenters. The van der Waals surface area contributed by atoms with Gasteiger partial charge in [0.25, 0.3) is 0 Å². The molecule has 8 heteroatoms. The predicted molar refractivity (Wildman–Crippen MR) is 37.7 cm³/mol. The molecule has 0 atom stereocenters. The van der Waals surface area contributed by atoms with Gasteiger partial charge in [-0.25, -0.2) is 8.42 Å². The smallest absolute Gasteiger partial charge is 0.246 e. The Kier molecular flexibility index (Phi) is 4.20. The normalized spacial score (nSPS) is 10.6. The standard InChI is InChI=1S/C4H7N3O4S/c5-1-2-12(9,10)7-11-3-4(6)8/h7H,2-3H2,(H2,6,8). The van der Waals surface area contributed by atoms with Crippen molar-refractivity contribution in [2.45, 2.75) is 0 Å². The van der Waals surface area contributed by atoms with Gasteiger partial charge in [-0.15, -0.1) is 0 Å². The molecule has 0 spiro atoms. The molecule has 1 amide bonds. The number of nitrogens with two attached hydrogens (primary N) is 1. The number of hydrogen-bond acceptors (Lipinski definition) is 5. The fourth-order valence-electron chi connectivity index (χ4n) is 0.305. The van der Waals surface area contributed by atoms with Crippen molar-refractivity contribution in [1.29, 1.82) is 5.26 Å². The highest BCUT2D eigenvalue weighted by atomic mass is 32.2. The minimum atomic E-state index is -3.77. The van der Waals surface area contributed by atoms with E-state index in [1.165, 1.54) is 6.07 Å². The summed E-state index contributed by atoms with van der Waals surface area (Å²) in [5.41, 5.74) is 4.63. The van der Waals surface area contributed by atoms with Crippen molar-refractivity contribution in [3.63, 3.8) is 0 Å². The van der Waals surface area contributed by atoms with Crippen LogP contribution in [0.15, 0.2) is 0 Å². The molecule has 68 valence electrons. The number of nitrogens with zero attached hydrogens (tertiary/aromatic N) is 1. The highest BCUT2D eigenvalue weighted by Gasteiger charge is 2.08. The number of carbonyl (C=O) groups excluding carboxylic acids is 1. The molecule has 0 saturated heterocycles. The van der Waals surface area contributed by atoms with Gasteiger partial charge in [0.15, 0.2) is 5.75 Å². The largest absolute Gasteiger partial charge is 0.368 e. The average Bonchev–Trinajstić information content (AvgIpc) is 1.85. The van der Waals surface area contributed by atoms with E-state index in [9.17, 15) is 13.2 Å². The zero-order chi connectivity index (χ0) is 9.61. The average molecular weight is 193 g/mol. The Morgan fingerprint density at radius 1 is 1.67 bits per heavy atom. The van der Waals surface area contributed by atoms with E-state index in [2.05, 4.69) is 10.6 Å². The lowest BCUT2D eigenvalue weighted by Gasteiger charge is -2.00. The Morgan fingerprint density at radius 2 is 2.25 bits per heavy atom. The van der Waals surface area contributed by atoms with Gasteiger partial charge >= 0.3 is 0 Å². The highest BCUT2D eigenvalue weighted by molar-refractivity contribution is 7.89. The number of rotatable bonds is 5. The van der Waals surface area contributed by atoms with Crippen LogP contribution in [-0.2, 0) is 19.7 Å². The maximum Gasteiger partial charge on any atom is 0.246 e. The van der Waals surface area contributed by atoms with Gasteiger partial charge < -0.3 is 5.73 Å². The summed E-state index contributed by atoms with van der Waals surface area (Å²) in [6, 6.07) is 1.40. The summed E-state index contributed by atoms with van der Waals surface area (Å²) >= 11 is 0. The monoisotopic (exact) mass is 193 g/mol. The summed E-state index contributed by atoms with van der Waals surface area (Å²) in [5, 5.41) is 7.99. The first-order valence-electron chi connectivity index (χ1n) is 2.74. The molecule has 0 saturated carbocycles. The van der Waals surface area contributed by atoms with Crippen molar-refractivity contribution in [3.05, 3.63) is 0 Å². The zero-order valence-electron chi connectivity index (χ0n) is 5.98. The number of carbonyl (C=O) groups is 1. The molecule has 3 N–H and O–H groups in total. The molecule has 0 heterocycles. The second kappa shape index (κ2) is 4.66. The van der Waals surface area contributed by atoms with E-state index in [1.807, 2.05) is 0 Å². The molecule has 0 aliphatic carbocycles. The molecule has 0 radical (unpaired) electrons. The second-order valence-corrected chi connectivity index (χ2v) is 3.44. The predicted octanol–water partition coefficient (Wildman–Crippen LogP) is -2.15. The molecule has 0 bridgehead atoms. The molecule has 0 aliphatic rings. The summed E-state index contributed by atoms with van der Waals surface area (Å²) in [7, 11) is -3.77. The third-order valence-corrected chi connectivity index (χ3v) is 1.54. The molecule has 0 rings (SSSR count). The Balaban J connectivity index is 3.79. The first kappa shape index (κ1) is 10.8. The van der Waals surface area contributed by atoms with Crippen molar-refractivity contribution < 1.29 is 18.0 Å². The number of nitrogens with one attached hydrogen (secondary N) is 1. The van der Waals surface area contributed by atoms with E-state index in [1.54, 1.807) is 4.89 Å². The van der Waals surface area contributed by atoms with Gasteiger partial charge in [-0.3, -0.25) is 9.63 Å². The van der Waals surface area contributed by atoms with Gasteiger partial charge in [-0.1, -0.05) is 4.89 Å². The van der Waals surface area contributed by atoms with E-state index >= 15 is 0 Å². The van der Waals surface area contributed by atoms with E-state index in [0.29, 0.717) is 0 Å². The quantitative estimate of drug-likeness (QED) is 0.482. The lowest BCUT2D eigenvalue weighted by Crippen LogP contribution is -2.30. The maximum absolute atomic E-state index is 10.6. The number of nitriles is 1. The summed E-state index contributed by atoms with van der Waals surface area (Å²) in [6.45, 7) is -0.565. The fourth-order valence-corrected chi connectivity index (χ4v) is 0.772. The van der Waals surface area contributed by atoms with Crippen LogP contribution in [0.5, 0.6) is 0 Å². The third-order valence-electron chi connectivity index (χ3n) is 0.655. The van der Waals surface area contributed by atoms with Gasteiger partial charge in [-0.2, -0.15) is 5.26 Å². The summed E-state index contributed by atoms with van der Waals surface area (Å²) in [4.78, 5) is 15.7. The van der Waals surface area contributed by atoms with Crippen LogP contribution in [0.4, 0.5) is 0 Å². The van der Waals surface area contributed by atoms with Crippen molar-refractivity contribution in [3.8, 4) is 6.07 Å². The lowest BCUT2D eigenvalue weighted by molar-refractivity contribution is -0.123. The van der Waals surface area contributed by atoms with E-state index < -0.39 is 28.3 Å². The molecular formula is C4H7N3O4S. The van der Waals surface area contributed by atoms with Gasteiger partial charge in [0, 0.05) is 0 Å². The number of amides is 1. The van der Waals surface area contributed by atoms with Crippen molar-refractivity contribution in [1.82, 2.24) is 4.89 Å². The Morgan fingerprint density at radius 3 is 2.67 bits per heavy atom. The van der Waals surface area contributed by atoms with Crippen LogP contribution in [0, 0.1) is 11.3 Å². The van der Waals surface area contributed by atoms with Crippen LogP contribution in [0.25, 0.3) is 0 Å². The van der Waals surface area contributed by atoms with Gasteiger partial charge in [0.05, 0.1) is 6.07 Å². The van der Waals surface area contributed by atoms with Gasteiger partial charge in [0.1, 0.15) is 6.61 Å². The Hall–Kier alpha value is -1.17. The Labute approximate surface area is 69.1 Å². The molecule has 0 aromatic rings. The molecular weight excluding hydrogens is 186 g/mol.